The molecule has 1 aromatic heterocycles. The second-order valence-electron chi connectivity index (χ2n) is 4.57. The molecule has 102 valence electrons. The molecule has 3 aromatic rings. The van der Waals surface area contributed by atoms with E-state index in [1.807, 2.05) is 25.1 Å². The number of imidazole rings is 1. The Hall–Kier alpha value is -1.85. The van der Waals surface area contributed by atoms with Gasteiger partial charge in [0, 0.05) is 4.90 Å². The third-order valence-electron chi connectivity index (χ3n) is 3.02. The van der Waals surface area contributed by atoms with Crippen LogP contribution in [0.2, 0.25) is 0 Å². The van der Waals surface area contributed by atoms with Gasteiger partial charge in [-0.3, -0.25) is 0 Å². The van der Waals surface area contributed by atoms with Crippen LogP contribution in [0.3, 0.4) is 0 Å². The predicted molar refractivity (Wildman–Crippen MR) is 77.3 cm³/mol. The smallest absolute Gasteiger partial charge is 0.171 e. The number of nitrogens with zero attached hydrogens (tertiary/aromatic N) is 1. The standard InChI is InChI=1S/C15H13FN2OS/c1-9-2-4-12-13(6-9)18-15(17-12)20-14-5-3-11(16)7-10(14)8-19/h2-7,19H,8H2,1H3,(H,17,18). The number of aromatic amines is 1. The van der Waals surface area contributed by atoms with Gasteiger partial charge in [0.05, 0.1) is 17.6 Å². The van der Waals surface area contributed by atoms with E-state index in [1.165, 1.54) is 23.9 Å². The maximum atomic E-state index is 13.1. The molecule has 0 fully saturated rings. The lowest BCUT2D eigenvalue weighted by Crippen LogP contribution is -1.89. The Kier molecular flexibility index (Phi) is 3.46. The van der Waals surface area contributed by atoms with E-state index >= 15 is 0 Å². The summed E-state index contributed by atoms with van der Waals surface area (Å²) in [5, 5.41) is 10.0. The quantitative estimate of drug-likeness (QED) is 0.773. The number of halogens is 1. The molecule has 0 aliphatic rings. The summed E-state index contributed by atoms with van der Waals surface area (Å²) in [6.45, 7) is 1.83. The Bertz CT molecular complexity index is 770. The van der Waals surface area contributed by atoms with Crippen molar-refractivity contribution in [3.05, 3.63) is 53.3 Å². The van der Waals surface area contributed by atoms with Gasteiger partial charge in [-0.05, 0) is 48.4 Å². The predicted octanol–water partition coefficient (Wildman–Crippen LogP) is 3.65. The molecule has 0 bridgehead atoms. The zero-order valence-corrected chi connectivity index (χ0v) is 11.7. The van der Waals surface area contributed by atoms with Crippen molar-refractivity contribution < 1.29 is 9.50 Å². The lowest BCUT2D eigenvalue weighted by Gasteiger charge is -2.04. The fraction of sp³-hybridized carbons (Fsp3) is 0.133. The molecule has 3 rings (SSSR count). The van der Waals surface area contributed by atoms with Gasteiger partial charge in [0.2, 0.25) is 0 Å². The first-order valence-electron chi connectivity index (χ1n) is 6.19. The fourth-order valence-electron chi connectivity index (χ4n) is 2.02. The first-order valence-corrected chi connectivity index (χ1v) is 7.01. The first kappa shape index (κ1) is 13.1. The summed E-state index contributed by atoms with van der Waals surface area (Å²) >= 11 is 1.39. The summed E-state index contributed by atoms with van der Waals surface area (Å²) < 4.78 is 13.1. The number of aromatic nitrogens is 2. The van der Waals surface area contributed by atoms with Crippen molar-refractivity contribution in [2.75, 3.05) is 0 Å². The molecule has 0 aliphatic heterocycles. The van der Waals surface area contributed by atoms with E-state index in [0.29, 0.717) is 5.56 Å². The minimum absolute atomic E-state index is 0.195. The van der Waals surface area contributed by atoms with Gasteiger partial charge in [0.1, 0.15) is 5.82 Å². The monoisotopic (exact) mass is 288 g/mol. The van der Waals surface area contributed by atoms with Gasteiger partial charge in [-0.1, -0.05) is 17.8 Å². The van der Waals surface area contributed by atoms with Crippen LogP contribution in [0, 0.1) is 12.7 Å². The highest BCUT2D eigenvalue weighted by atomic mass is 32.2. The van der Waals surface area contributed by atoms with Crippen LogP contribution in [-0.2, 0) is 6.61 Å². The fourth-order valence-corrected chi connectivity index (χ4v) is 2.93. The van der Waals surface area contributed by atoms with Crippen LogP contribution in [0.25, 0.3) is 11.0 Å². The second-order valence-corrected chi connectivity index (χ2v) is 5.61. The Morgan fingerprint density at radius 2 is 2.10 bits per heavy atom. The van der Waals surface area contributed by atoms with Crippen LogP contribution in [0.4, 0.5) is 4.39 Å². The molecule has 0 spiro atoms. The number of rotatable bonds is 3. The van der Waals surface area contributed by atoms with Crippen LogP contribution in [0.15, 0.2) is 46.5 Å². The third-order valence-corrected chi connectivity index (χ3v) is 4.02. The molecular weight excluding hydrogens is 275 g/mol. The summed E-state index contributed by atoms with van der Waals surface area (Å²) in [5.41, 5.74) is 3.59. The summed E-state index contributed by atoms with van der Waals surface area (Å²) in [7, 11) is 0. The van der Waals surface area contributed by atoms with E-state index in [2.05, 4.69) is 9.97 Å². The van der Waals surface area contributed by atoms with E-state index < -0.39 is 0 Å². The molecule has 1 heterocycles. The van der Waals surface area contributed by atoms with Crippen LogP contribution in [0.1, 0.15) is 11.1 Å². The number of aliphatic hydroxyl groups excluding tert-OH is 1. The van der Waals surface area contributed by atoms with Crippen LogP contribution in [-0.4, -0.2) is 15.1 Å². The van der Waals surface area contributed by atoms with E-state index in [4.69, 9.17) is 0 Å². The Morgan fingerprint density at radius 3 is 2.90 bits per heavy atom. The number of aliphatic hydroxyl groups is 1. The Balaban J connectivity index is 1.96. The largest absolute Gasteiger partial charge is 0.392 e. The molecule has 0 saturated heterocycles. The number of aryl methyl sites for hydroxylation is 1. The molecule has 0 amide bonds. The highest BCUT2D eigenvalue weighted by Crippen LogP contribution is 2.30. The van der Waals surface area contributed by atoms with Crippen molar-refractivity contribution in [1.29, 1.82) is 0 Å². The maximum absolute atomic E-state index is 13.1. The van der Waals surface area contributed by atoms with E-state index in [0.717, 1.165) is 26.6 Å². The molecule has 0 saturated carbocycles. The summed E-state index contributed by atoms with van der Waals surface area (Å²) in [5.74, 6) is -0.348. The molecule has 2 N–H and O–H groups in total. The van der Waals surface area contributed by atoms with Gasteiger partial charge >= 0.3 is 0 Å². The molecule has 0 aliphatic carbocycles. The number of H-pyrrole nitrogens is 1. The molecule has 20 heavy (non-hydrogen) atoms. The number of benzene rings is 2. The average molecular weight is 288 g/mol. The van der Waals surface area contributed by atoms with Gasteiger partial charge in [-0.25, -0.2) is 9.37 Å². The topological polar surface area (TPSA) is 48.9 Å². The molecule has 0 atom stereocenters. The van der Waals surface area contributed by atoms with Crippen LogP contribution >= 0.6 is 11.8 Å². The summed E-state index contributed by atoms with van der Waals surface area (Å²) in [4.78, 5) is 8.50. The SMILES string of the molecule is Cc1ccc2nc(Sc3ccc(F)cc3CO)[nH]c2c1. The molecule has 0 radical (unpaired) electrons. The van der Waals surface area contributed by atoms with E-state index in [1.54, 1.807) is 6.07 Å². The molecular formula is C15H13FN2OS. The number of fused-ring (bicyclic) bond motifs is 1. The maximum Gasteiger partial charge on any atom is 0.171 e. The van der Waals surface area contributed by atoms with Gasteiger partial charge in [0.15, 0.2) is 5.16 Å². The van der Waals surface area contributed by atoms with Crippen molar-refractivity contribution in [2.45, 2.75) is 23.6 Å². The number of nitrogens with one attached hydrogen (secondary N) is 1. The molecule has 5 heteroatoms. The molecule has 2 aromatic carbocycles. The van der Waals surface area contributed by atoms with Crippen molar-refractivity contribution in [1.82, 2.24) is 9.97 Å². The first-order chi connectivity index (χ1) is 9.65. The molecule has 0 unspecified atom stereocenters. The third kappa shape index (κ3) is 2.55. The average Bonchev–Trinajstić information content (AvgIpc) is 2.82. The number of hydrogen-bond acceptors (Lipinski definition) is 3. The minimum Gasteiger partial charge on any atom is -0.392 e. The lowest BCUT2D eigenvalue weighted by molar-refractivity contribution is 0.278. The van der Waals surface area contributed by atoms with Crippen LogP contribution < -0.4 is 0 Å². The molecule has 3 nitrogen and oxygen atoms in total. The van der Waals surface area contributed by atoms with Gasteiger partial charge in [-0.2, -0.15) is 0 Å². The van der Waals surface area contributed by atoms with Crippen molar-refractivity contribution >= 4 is 22.8 Å². The summed E-state index contributed by atoms with van der Waals surface area (Å²) in [6.07, 6.45) is 0. The second kappa shape index (κ2) is 5.26. The summed E-state index contributed by atoms with van der Waals surface area (Å²) in [6, 6.07) is 10.4. The normalized spacial score (nSPS) is 11.2. The van der Waals surface area contributed by atoms with Crippen molar-refractivity contribution in [3.8, 4) is 0 Å². The zero-order chi connectivity index (χ0) is 14.1. The Labute approximate surface area is 119 Å². The van der Waals surface area contributed by atoms with Crippen molar-refractivity contribution in [2.24, 2.45) is 0 Å². The highest BCUT2D eigenvalue weighted by molar-refractivity contribution is 7.99. The van der Waals surface area contributed by atoms with Gasteiger partial charge in [-0.15, -0.1) is 0 Å². The van der Waals surface area contributed by atoms with Gasteiger partial charge < -0.3 is 10.1 Å². The number of hydrogen-bond donors (Lipinski definition) is 2. The van der Waals surface area contributed by atoms with Crippen LogP contribution in [0.5, 0.6) is 0 Å². The Morgan fingerprint density at radius 1 is 1.25 bits per heavy atom. The lowest BCUT2D eigenvalue weighted by atomic mass is 10.2. The van der Waals surface area contributed by atoms with Crippen molar-refractivity contribution in [3.63, 3.8) is 0 Å². The van der Waals surface area contributed by atoms with E-state index in [-0.39, 0.29) is 12.4 Å². The zero-order valence-electron chi connectivity index (χ0n) is 10.9. The van der Waals surface area contributed by atoms with Gasteiger partial charge in [0.25, 0.3) is 0 Å². The minimum atomic E-state index is -0.348. The van der Waals surface area contributed by atoms with E-state index in [9.17, 15) is 9.50 Å². The highest BCUT2D eigenvalue weighted by Gasteiger charge is 2.09.